The van der Waals surface area contributed by atoms with Crippen LogP contribution in [0.15, 0.2) is 18.2 Å². The lowest BCUT2D eigenvalue weighted by atomic mass is 9.99. The zero-order chi connectivity index (χ0) is 14.7. The van der Waals surface area contributed by atoms with E-state index in [1.165, 1.54) is 0 Å². The number of nitrogens with one attached hydrogen (secondary N) is 2. The molecule has 0 aliphatic carbocycles. The molecule has 0 bridgehead atoms. The molecule has 1 amide bonds. The topological polar surface area (TPSA) is 108 Å². The van der Waals surface area contributed by atoms with Crippen molar-refractivity contribution in [2.45, 2.75) is 26.3 Å². The van der Waals surface area contributed by atoms with Crippen molar-refractivity contribution >= 4 is 22.9 Å². The largest absolute Gasteiger partial charge is 0.480 e. The second kappa shape index (κ2) is 5.68. The Bertz CT molecular complexity index is 637. The normalized spacial score (nSPS) is 13.9. The second-order valence-corrected chi connectivity index (χ2v) is 4.70. The summed E-state index contributed by atoms with van der Waals surface area (Å²) in [5.41, 5.74) is 1.58. The number of amides is 1. The summed E-state index contributed by atoms with van der Waals surface area (Å²) in [4.78, 5) is 23.3. The smallest absolute Gasteiger partial charge is 0.326 e. The van der Waals surface area contributed by atoms with Gasteiger partial charge in [0.2, 0.25) is 0 Å². The van der Waals surface area contributed by atoms with Crippen LogP contribution in [-0.4, -0.2) is 38.4 Å². The molecule has 106 valence electrons. The highest BCUT2D eigenvalue weighted by Gasteiger charge is 2.25. The minimum Gasteiger partial charge on any atom is -0.480 e. The number of hydrogen-bond acceptors (Lipinski definition) is 4. The Morgan fingerprint density at radius 1 is 1.35 bits per heavy atom. The van der Waals surface area contributed by atoms with Gasteiger partial charge in [-0.05, 0) is 24.1 Å². The minimum absolute atomic E-state index is 0.146. The predicted molar refractivity (Wildman–Crippen MR) is 72.2 cm³/mol. The van der Waals surface area contributed by atoms with Crippen LogP contribution in [-0.2, 0) is 4.79 Å². The molecule has 2 rings (SSSR count). The average Bonchev–Trinajstić information content (AvgIpc) is 2.90. The number of hydrogen-bond donors (Lipinski definition) is 3. The Kier molecular flexibility index (Phi) is 3.97. The molecule has 2 atom stereocenters. The summed E-state index contributed by atoms with van der Waals surface area (Å²) in [5, 5.41) is 22.0. The van der Waals surface area contributed by atoms with Crippen LogP contribution in [0.25, 0.3) is 11.0 Å². The predicted octanol–water partition coefficient (Wildman–Crippen LogP) is 1.19. The number of aromatic amines is 1. The van der Waals surface area contributed by atoms with Crippen LogP contribution in [0.5, 0.6) is 0 Å². The van der Waals surface area contributed by atoms with Gasteiger partial charge in [0.25, 0.3) is 5.91 Å². The summed E-state index contributed by atoms with van der Waals surface area (Å²) in [6.07, 6.45) is 0.666. The number of fused-ring (bicyclic) bond motifs is 1. The lowest BCUT2D eigenvalue weighted by Gasteiger charge is -2.20. The van der Waals surface area contributed by atoms with Crippen LogP contribution >= 0.6 is 0 Å². The lowest BCUT2D eigenvalue weighted by Crippen LogP contribution is -2.45. The number of nitrogens with zero attached hydrogens (tertiary/aromatic N) is 2. The molecule has 20 heavy (non-hydrogen) atoms. The van der Waals surface area contributed by atoms with Crippen molar-refractivity contribution in [1.82, 2.24) is 20.7 Å². The maximum absolute atomic E-state index is 12.1. The molecule has 0 saturated carbocycles. The SMILES string of the molecule is CCC(C)C(NC(=O)c1ccc2n[nH]nc2c1)C(=O)O. The van der Waals surface area contributed by atoms with Crippen molar-refractivity contribution in [2.24, 2.45) is 5.92 Å². The van der Waals surface area contributed by atoms with Crippen LogP contribution in [0.3, 0.4) is 0 Å². The van der Waals surface area contributed by atoms with Gasteiger partial charge in [-0.3, -0.25) is 4.79 Å². The van der Waals surface area contributed by atoms with E-state index in [0.29, 0.717) is 23.0 Å². The number of carboxylic acids is 1. The van der Waals surface area contributed by atoms with E-state index in [2.05, 4.69) is 20.7 Å². The maximum atomic E-state index is 12.1. The van der Waals surface area contributed by atoms with Gasteiger partial charge in [0.1, 0.15) is 17.1 Å². The number of rotatable bonds is 5. The van der Waals surface area contributed by atoms with Crippen molar-refractivity contribution in [3.8, 4) is 0 Å². The number of carboxylic acid groups (broad SMARTS) is 1. The van der Waals surface area contributed by atoms with E-state index in [0.717, 1.165) is 0 Å². The number of carbonyl (C=O) groups excluding carboxylic acids is 1. The van der Waals surface area contributed by atoms with Crippen LogP contribution in [0, 0.1) is 5.92 Å². The highest BCUT2D eigenvalue weighted by Crippen LogP contribution is 2.13. The quantitative estimate of drug-likeness (QED) is 0.760. The standard InChI is InChI=1S/C13H16N4O3/c1-3-7(2)11(13(19)20)14-12(18)8-4-5-9-10(6-8)16-17-15-9/h4-7,11H,3H2,1-2H3,(H,14,18)(H,19,20)(H,15,16,17). The van der Waals surface area contributed by atoms with E-state index in [4.69, 9.17) is 5.11 Å². The molecule has 1 heterocycles. The van der Waals surface area contributed by atoms with Gasteiger partial charge in [0.05, 0.1) is 0 Å². The molecular formula is C13H16N4O3. The molecular weight excluding hydrogens is 260 g/mol. The Morgan fingerprint density at radius 3 is 2.70 bits per heavy atom. The summed E-state index contributed by atoms with van der Waals surface area (Å²) in [7, 11) is 0. The van der Waals surface area contributed by atoms with Crippen LogP contribution in [0.2, 0.25) is 0 Å². The maximum Gasteiger partial charge on any atom is 0.326 e. The zero-order valence-corrected chi connectivity index (χ0v) is 11.3. The molecule has 1 aromatic heterocycles. The van der Waals surface area contributed by atoms with Gasteiger partial charge < -0.3 is 10.4 Å². The molecule has 2 unspecified atom stereocenters. The van der Waals surface area contributed by atoms with Crippen LogP contribution < -0.4 is 5.32 Å². The van der Waals surface area contributed by atoms with Gasteiger partial charge in [-0.2, -0.15) is 15.4 Å². The molecule has 3 N–H and O–H groups in total. The molecule has 0 aliphatic rings. The van der Waals surface area contributed by atoms with Gasteiger partial charge in [0.15, 0.2) is 0 Å². The van der Waals surface area contributed by atoms with E-state index in [-0.39, 0.29) is 5.92 Å². The third-order valence-electron chi connectivity index (χ3n) is 3.34. The first-order chi connectivity index (χ1) is 9.52. The third-order valence-corrected chi connectivity index (χ3v) is 3.34. The summed E-state index contributed by atoms with van der Waals surface area (Å²) in [6, 6.07) is 3.92. The summed E-state index contributed by atoms with van der Waals surface area (Å²) in [6.45, 7) is 3.67. The third kappa shape index (κ3) is 2.76. The minimum atomic E-state index is -1.03. The summed E-state index contributed by atoms with van der Waals surface area (Å²) < 4.78 is 0. The van der Waals surface area contributed by atoms with E-state index >= 15 is 0 Å². The Morgan fingerprint density at radius 2 is 2.05 bits per heavy atom. The number of aromatic nitrogens is 3. The van der Waals surface area contributed by atoms with Crippen LogP contribution in [0.1, 0.15) is 30.6 Å². The van der Waals surface area contributed by atoms with Crippen molar-refractivity contribution in [3.63, 3.8) is 0 Å². The molecule has 2 aromatic rings. The van der Waals surface area contributed by atoms with E-state index in [1.807, 2.05) is 6.92 Å². The van der Waals surface area contributed by atoms with Crippen molar-refractivity contribution < 1.29 is 14.7 Å². The van der Waals surface area contributed by atoms with Gasteiger partial charge in [-0.15, -0.1) is 0 Å². The fraction of sp³-hybridized carbons (Fsp3) is 0.385. The van der Waals surface area contributed by atoms with Gasteiger partial charge in [-0.25, -0.2) is 4.79 Å². The Balaban J connectivity index is 2.19. The molecule has 7 nitrogen and oxygen atoms in total. The molecule has 0 aliphatic heterocycles. The fourth-order valence-electron chi connectivity index (χ4n) is 1.89. The second-order valence-electron chi connectivity index (χ2n) is 4.70. The van der Waals surface area contributed by atoms with Crippen molar-refractivity contribution in [2.75, 3.05) is 0 Å². The van der Waals surface area contributed by atoms with E-state index in [1.54, 1.807) is 25.1 Å². The molecule has 0 spiro atoms. The van der Waals surface area contributed by atoms with Crippen molar-refractivity contribution in [1.29, 1.82) is 0 Å². The van der Waals surface area contributed by atoms with Gasteiger partial charge >= 0.3 is 5.97 Å². The monoisotopic (exact) mass is 276 g/mol. The first-order valence-electron chi connectivity index (χ1n) is 6.37. The number of H-pyrrole nitrogens is 1. The zero-order valence-electron chi connectivity index (χ0n) is 11.3. The number of aliphatic carboxylic acids is 1. The van der Waals surface area contributed by atoms with Gasteiger partial charge in [0, 0.05) is 5.56 Å². The Hall–Kier alpha value is -2.44. The van der Waals surface area contributed by atoms with Crippen LogP contribution in [0.4, 0.5) is 0 Å². The molecule has 0 radical (unpaired) electrons. The highest BCUT2D eigenvalue weighted by molar-refractivity contribution is 5.99. The number of carbonyl (C=O) groups is 2. The van der Waals surface area contributed by atoms with Gasteiger partial charge in [-0.1, -0.05) is 20.3 Å². The summed E-state index contributed by atoms with van der Waals surface area (Å²) in [5.74, 6) is -1.61. The van der Waals surface area contributed by atoms with E-state index in [9.17, 15) is 9.59 Å². The highest BCUT2D eigenvalue weighted by atomic mass is 16.4. The van der Waals surface area contributed by atoms with E-state index < -0.39 is 17.9 Å². The molecule has 0 saturated heterocycles. The lowest BCUT2D eigenvalue weighted by molar-refractivity contribution is -0.140. The summed E-state index contributed by atoms with van der Waals surface area (Å²) >= 11 is 0. The Labute approximate surface area is 115 Å². The fourth-order valence-corrected chi connectivity index (χ4v) is 1.89. The molecule has 7 heteroatoms. The number of benzene rings is 1. The average molecular weight is 276 g/mol. The first-order valence-corrected chi connectivity index (χ1v) is 6.37. The molecule has 1 aromatic carbocycles. The molecule has 0 fully saturated rings. The van der Waals surface area contributed by atoms with Crippen molar-refractivity contribution in [3.05, 3.63) is 23.8 Å². The first kappa shape index (κ1) is 14.0.